The fourth-order valence-electron chi connectivity index (χ4n) is 7.16. The van der Waals surface area contributed by atoms with E-state index in [9.17, 15) is 5.11 Å². The molecule has 3 nitrogen and oxygen atoms in total. The van der Waals surface area contributed by atoms with Gasteiger partial charge < -0.3 is 14.6 Å². The van der Waals surface area contributed by atoms with E-state index in [-0.39, 0.29) is 0 Å². The largest absolute Gasteiger partial charge is 0.497 e. The lowest BCUT2D eigenvalue weighted by Crippen LogP contribution is -2.28. The molecule has 228 valence electrons. The molecule has 3 heteroatoms. The number of hydrogen-bond acceptors (Lipinski definition) is 3. The van der Waals surface area contributed by atoms with E-state index in [0.29, 0.717) is 5.75 Å². The molecule has 0 radical (unpaired) electrons. The second-order valence-corrected chi connectivity index (χ2v) is 12.3. The van der Waals surface area contributed by atoms with Gasteiger partial charge in [0.05, 0.1) is 12.5 Å². The van der Waals surface area contributed by atoms with Crippen LogP contribution in [0.4, 0.5) is 0 Å². The van der Waals surface area contributed by atoms with Crippen molar-refractivity contribution < 1.29 is 14.6 Å². The Labute approximate surface area is 275 Å². The van der Waals surface area contributed by atoms with Gasteiger partial charge in [-0.25, -0.2) is 0 Å². The molecule has 7 aromatic carbocycles. The maximum atomic E-state index is 10.9. The smallest absolute Gasteiger partial charge is 0.127 e. The number of ether oxygens (including phenoxy) is 2. The molecule has 0 spiro atoms. The molecule has 1 N–H and O–H groups in total. The van der Waals surface area contributed by atoms with Crippen molar-refractivity contribution in [2.24, 2.45) is 0 Å². The van der Waals surface area contributed by atoms with Crippen molar-refractivity contribution in [3.63, 3.8) is 0 Å². The van der Waals surface area contributed by atoms with Crippen LogP contribution in [-0.2, 0) is 5.41 Å². The Morgan fingerprint density at radius 2 is 1.02 bits per heavy atom. The maximum Gasteiger partial charge on any atom is 0.127 e. The van der Waals surface area contributed by atoms with Crippen molar-refractivity contribution in [3.05, 3.63) is 197 Å². The van der Waals surface area contributed by atoms with Crippen LogP contribution in [0.1, 0.15) is 45.0 Å². The quantitative estimate of drug-likeness (QED) is 0.195. The number of fused-ring (bicyclic) bond motifs is 4. The summed E-state index contributed by atoms with van der Waals surface area (Å²) < 4.78 is 11.6. The van der Waals surface area contributed by atoms with E-state index in [1.807, 2.05) is 48.5 Å². The molecule has 0 bridgehead atoms. The molecule has 47 heavy (non-hydrogen) atoms. The Morgan fingerprint density at radius 1 is 0.511 bits per heavy atom. The molecule has 1 aliphatic carbocycles. The number of aryl methyl sites for hydroxylation is 1. The van der Waals surface area contributed by atoms with E-state index in [0.717, 1.165) is 22.6 Å². The minimum Gasteiger partial charge on any atom is -0.497 e. The second-order valence-electron chi connectivity index (χ2n) is 12.3. The average Bonchev–Trinajstić information content (AvgIpc) is 3.41. The Balaban J connectivity index is 1.17. The number of hydrogen-bond donors (Lipinski definition) is 1. The minimum absolute atomic E-state index is 0.485. The van der Waals surface area contributed by atoms with Crippen molar-refractivity contribution in [2.75, 3.05) is 7.11 Å². The standard InChI is InChI=1S/C44H34O3/c1-29-11-17-34(18-12-29)44(41-10-6-5-9-39(41)40-27-32-7-3-4-8-33(32)28-42(40)44)35-19-25-38(26-20-35)47-37-23-15-31(16-24-37)43(45)30-13-21-36(46-2)22-14-30/h3-28,43,45H,1-2H3. The lowest BCUT2D eigenvalue weighted by Gasteiger charge is -2.34. The van der Waals surface area contributed by atoms with Crippen LogP contribution in [0.15, 0.2) is 158 Å². The molecule has 0 amide bonds. The van der Waals surface area contributed by atoms with Crippen molar-refractivity contribution in [2.45, 2.75) is 18.4 Å². The van der Waals surface area contributed by atoms with Crippen LogP contribution >= 0.6 is 0 Å². The highest BCUT2D eigenvalue weighted by molar-refractivity contribution is 5.95. The fraction of sp³-hybridized carbons (Fsp3) is 0.0909. The van der Waals surface area contributed by atoms with Crippen molar-refractivity contribution in [1.82, 2.24) is 0 Å². The highest BCUT2D eigenvalue weighted by atomic mass is 16.5. The normalized spacial score (nSPS) is 15.6. The van der Waals surface area contributed by atoms with Crippen molar-refractivity contribution >= 4 is 10.8 Å². The molecule has 2 unspecified atom stereocenters. The van der Waals surface area contributed by atoms with Gasteiger partial charge in [0.15, 0.2) is 0 Å². The maximum absolute atomic E-state index is 10.9. The Hall–Kier alpha value is -5.64. The first kappa shape index (κ1) is 28.8. The molecule has 0 heterocycles. The number of methoxy groups -OCH3 is 1. The highest BCUT2D eigenvalue weighted by Crippen LogP contribution is 2.57. The van der Waals surface area contributed by atoms with E-state index < -0.39 is 11.5 Å². The van der Waals surface area contributed by atoms with E-state index >= 15 is 0 Å². The Morgan fingerprint density at radius 3 is 1.64 bits per heavy atom. The lowest BCUT2D eigenvalue weighted by atomic mass is 9.67. The molecule has 1 aliphatic rings. The second kappa shape index (κ2) is 11.6. The number of rotatable bonds is 7. The molecule has 0 saturated heterocycles. The van der Waals surface area contributed by atoms with Gasteiger partial charge in [-0.05, 0) is 111 Å². The van der Waals surface area contributed by atoms with E-state index in [1.54, 1.807) is 7.11 Å². The number of aliphatic hydroxyl groups is 1. The third kappa shape index (κ3) is 4.88. The van der Waals surface area contributed by atoms with Crippen LogP contribution in [0, 0.1) is 6.92 Å². The van der Waals surface area contributed by atoms with Gasteiger partial charge >= 0.3 is 0 Å². The summed E-state index contributed by atoms with van der Waals surface area (Å²) in [7, 11) is 1.63. The van der Waals surface area contributed by atoms with Gasteiger partial charge in [-0.3, -0.25) is 0 Å². The highest BCUT2D eigenvalue weighted by Gasteiger charge is 2.46. The zero-order valence-electron chi connectivity index (χ0n) is 26.4. The Kier molecular flexibility index (Phi) is 7.12. The van der Waals surface area contributed by atoms with Gasteiger partial charge in [0.2, 0.25) is 0 Å². The summed E-state index contributed by atoms with van der Waals surface area (Å²) in [6.07, 6.45) is -0.735. The summed E-state index contributed by atoms with van der Waals surface area (Å²) in [6.45, 7) is 2.14. The van der Waals surface area contributed by atoms with Gasteiger partial charge in [0, 0.05) is 0 Å². The predicted octanol–water partition coefficient (Wildman–Crippen LogP) is 10.4. The van der Waals surface area contributed by atoms with Crippen molar-refractivity contribution in [1.29, 1.82) is 0 Å². The van der Waals surface area contributed by atoms with E-state index in [4.69, 9.17) is 9.47 Å². The monoisotopic (exact) mass is 610 g/mol. The molecule has 0 aliphatic heterocycles. The third-order valence-corrected chi connectivity index (χ3v) is 9.55. The van der Waals surface area contributed by atoms with Gasteiger partial charge in [0.25, 0.3) is 0 Å². The molecule has 7 aromatic rings. The van der Waals surface area contributed by atoms with Crippen LogP contribution in [0.25, 0.3) is 21.9 Å². The van der Waals surface area contributed by atoms with Gasteiger partial charge in [0.1, 0.15) is 23.4 Å². The summed E-state index contributed by atoms with van der Waals surface area (Å²) in [5.41, 5.74) is 9.90. The van der Waals surface area contributed by atoms with Gasteiger partial charge in [-0.1, -0.05) is 115 Å². The molecule has 0 saturated carbocycles. The zero-order valence-corrected chi connectivity index (χ0v) is 26.4. The summed E-state index contributed by atoms with van der Waals surface area (Å²) in [4.78, 5) is 0. The first-order valence-corrected chi connectivity index (χ1v) is 16.0. The third-order valence-electron chi connectivity index (χ3n) is 9.55. The molecule has 8 rings (SSSR count). The average molecular weight is 611 g/mol. The topological polar surface area (TPSA) is 38.7 Å². The van der Waals surface area contributed by atoms with Crippen molar-refractivity contribution in [3.8, 4) is 28.4 Å². The molecule has 0 aromatic heterocycles. The summed E-state index contributed by atoms with van der Waals surface area (Å²) in [6, 6.07) is 54.8. The first-order valence-electron chi connectivity index (χ1n) is 16.0. The molecular weight excluding hydrogens is 576 g/mol. The van der Waals surface area contributed by atoms with E-state index in [2.05, 4.69) is 116 Å². The zero-order chi connectivity index (χ0) is 32.0. The Bertz CT molecular complexity index is 2200. The number of benzene rings is 7. The summed E-state index contributed by atoms with van der Waals surface area (Å²) in [5, 5.41) is 13.4. The molecule has 2 atom stereocenters. The fourth-order valence-corrected chi connectivity index (χ4v) is 7.16. The lowest BCUT2D eigenvalue weighted by molar-refractivity contribution is 0.220. The van der Waals surface area contributed by atoms with Crippen LogP contribution in [-0.4, -0.2) is 12.2 Å². The van der Waals surface area contributed by atoms with Crippen LogP contribution in [0.3, 0.4) is 0 Å². The van der Waals surface area contributed by atoms with Gasteiger partial charge in [-0.2, -0.15) is 0 Å². The minimum atomic E-state index is -0.735. The summed E-state index contributed by atoms with van der Waals surface area (Å²) in [5.74, 6) is 2.22. The summed E-state index contributed by atoms with van der Waals surface area (Å²) >= 11 is 0. The SMILES string of the molecule is COc1ccc(C(O)c2ccc(Oc3ccc(C4(c5ccc(C)cc5)c5ccccc5-c5cc6ccccc6cc54)cc3)cc2)cc1. The number of aliphatic hydroxyl groups excluding tert-OH is 1. The molecular formula is C44H34O3. The predicted molar refractivity (Wildman–Crippen MR) is 190 cm³/mol. The molecule has 0 fully saturated rings. The van der Waals surface area contributed by atoms with E-state index in [1.165, 1.54) is 49.7 Å². The van der Waals surface area contributed by atoms with Crippen LogP contribution in [0.5, 0.6) is 17.2 Å². The first-order chi connectivity index (χ1) is 23.0. The van der Waals surface area contributed by atoms with Crippen LogP contribution in [0.2, 0.25) is 0 Å². The van der Waals surface area contributed by atoms with Crippen LogP contribution < -0.4 is 9.47 Å². The van der Waals surface area contributed by atoms with Gasteiger partial charge in [-0.15, -0.1) is 0 Å².